The normalized spacial score (nSPS) is 13.3. The topological polar surface area (TPSA) is 37.4 Å². The summed E-state index contributed by atoms with van der Waals surface area (Å²) in [5.74, 6) is -0.368. The Hall–Kier alpha value is -2.01. The fourth-order valence-electron chi connectivity index (χ4n) is 2.27. The summed E-state index contributed by atoms with van der Waals surface area (Å²) in [5.41, 5.74) is 1.65. The number of amides is 1. The smallest absolute Gasteiger partial charge is 0.238 e. The van der Waals surface area contributed by atoms with E-state index in [1.165, 1.54) is 12.1 Å². The number of hydrogen-bond donors (Lipinski definition) is 0. The second-order valence-corrected chi connectivity index (χ2v) is 7.23. The Labute approximate surface area is 138 Å². The molecule has 122 valence electrons. The van der Waals surface area contributed by atoms with Crippen LogP contribution in [0.15, 0.2) is 54.6 Å². The van der Waals surface area contributed by atoms with Crippen molar-refractivity contribution in [3.8, 4) is 0 Å². The van der Waals surface area contributed by atoms with Crippen LogP contribution in [0.4, 0.5) is 4.39 Å². The third kappa shape index (κ3) is 4.99. The highest BCUT2D eigenvalue weighted by Gasteiger charge is 2.23. The van der Waals surface area contributed by atoms with Gasteiger partial charge in [-0.05, 0) is 30.2 Å². The molecule has 0 spiro atoms. The van der Waals surface area contributed by atoms with Crippen molar-refractivity contribution in [3.63, 3.8) is 0 Å². The number of benzene rings is 2. The third-order valence-electron chi connectivity index (χ3n) is 3.58. The number of rotatable bonds is 6. The molecule has 2 atom stereocenters. The van der Waals surface area contributed by atoms with Crippen LogP contribution in [0.2, 0.25) is 0 Å². The first-order valence-electron chi connectivity index (χ1n) is 7.38. The molecule has 2 aromatic rings. The number of hydrogen-bond acceptors (Lipinski definition) is 2. The Morgan fingerprint density at radius 2 is 1.78 bits per heavy atom. The minimum atomic E-state index is -1.39. The van der Waals surface area contributed by atoms with Gasteiger partial charge in [0.15, 0.2) is 0 Å². The van der Waals surface area contributed by atoms with Crippen LogP contribution >= 0.6 is 0 Å². The molecule has 0 aliphatic carbocycles. The Morgan fingerprint density at radius 1 is 1.13 bits per heavy atom. The molecular formula is C18H20FNO2S. The minimum Gasteiger partial charge on any atom is -0.340 e. The van der Waals surface area contributed by atoms with Gasteiger partial charge in [0.1, 0.15) is 11.1 Å². The van der Waals surface area contributed by atoms with Gasteiger partial charge in [0.2, 0.25) is 5.91 Å². The van der Waals surface area contributed by atoms with E-state index < -0.39 is 16.0 Å². The van der Waals surface area contributed by atoms with Gasteiger partial charge in [0.05, 0.1) is 0 Å². The van der Waals surface area contributed by atoms with Crippen molar-refractivity contribution in [3.05, 3.63) is 71.5 Å². The summed E-state index contributed by atoms with van der Waals surface area (Å²) < 4.78 is 25.5. The van der Waals surface area contributed by atoms with Gasteiger partial charge in [-0.15, -0.1) is 0 Å². The second-order valence-electron chi connectivity index (χ2n) is 5.48. The summed E-state index contributed by atoms with van der Waals surface area (Å²) in [7, 11) is 0.309. The fraction of sp³-hybridized carbons (Fsp3) is 0.278. The Bertz CT molecular complexity index is 690. The van der Waals surface area contributed by atoms with Crippen LogP contribution in [-0.2, 0) is 27.9 Å². The van der Waals surface area contributed by atoms with E-state index in [9.17, 15) is 13.4 Å². The van der Waals surface area contributed by atoms with Gasteiger partial charge in [0.25, 0.3) is 0 Å². The van der Waals surface area contributed by atoms with E-state index in [1.807, 2.05) is 30.3 Å². The number of nitrogens with zero attached hydrogens (tertiary/aromatic N) is 1. The van der Waals surface area contributed by atoms with Crippen LogP contribution < -0.4 is 0 Å². The lowest BCUT2D eigenvalue weighted by atomic mass is 10.2. The van der Waals surface area contributed by atoms with Crippen LogP contribution in [0.25, 0.3) is 0 Å². The summed E-state index contributed by atoms with van der Waals surface area (Å²) in [5, 5.41) is -0.632. The number of halogens is 1. The van der Waals surface area contributed by atoms with Crippen LogP contribution in [-0.4, -0.2) is 27.3 Å². The van der Waals surface area contributed by atoms with Crippen molar-refractivity contribution >= 4 is 16.7 Å². The number of carbonyl (C=O) groups excluding carboxylic acids is 1. The van der Waals surface area contributed by atoms with Gasteiger partial charge in [-0.2, -0.15) is 0 Å². The lowest BCUT2D eigenvalue weighted by molar-refractivity contribution is -0.129. The summed E-state index contributed by atoms with van der Waals surface area (Å²) in [6.45, 7) is 2.13. The molecule has 0 saturated heterocycles. The highest BCUT2D eigenvalue weighted by Crippen LogP contribution is 2.12. The molecule has 23 heavy (non-hydrogen) atoms. The molecule has 0 radical (unpaired) electrons. The van der Waals surface area contributed by atoms with E-state index in [0.717, 1.165) is 5.56 Å². The molecule has 0 heterocycles. The molecule has 0 aliphatic heterocycles. The molecule has 0 N–H and O–H groups in total. The molecule has 0 aromatic heterocycles. The molecule has 2 aromatic carbocycles. The van der Waals surface area contributed by atoms with E-state index in [4.69, 9.17) is 0 Å². The Kier molecular flexibility index (Phi) is 6.04. The largest absolute Gasteiger partial charge is 0.340 e. The predicted octanol–water partition coefficient (Wildman–Crippen LogP) is 3.12. The average Bonchev–Trinajstić information content (AvgIpc) is 2.54. The molecule has 2 rings (SSSR count). The summed E-state index contributed by atoms with van der Waals surface area (Å²) in [6, 6.07) is 15.6. The van der Waals surface area contributed by atoms with Crippen molar-refractivity contribution in [2.24, 2.45) is 0 Å². The van der Waals surface area contributed by atoms with Crippen molar-refractivity contribution in [2.75, 3.05) is 7.05 Å². The van der Waals surface area contributed by atoms with Gasteiger partial charge in [-0.25, -0.2) is 4.39 Å². The minimum absolute atomic E-state index is 0.170. The van der Waals surface area contributed by atoms with Crippen molar-refractivity contribution in [2.45, 2.75) is 24.5 Å². The summed E-state index contributed by atoms with van der Waals surface area (Å²) >= 11 is 0. The van der Waals surface area contributed by atoms with Gasteiger partial charge in [0, 0.05) is 30.1 Å². The first-order chi connectivity index (χ1) is 11.0. The first-order valence-corrected chi connectivity index (χ1v) is 8.76. The molecule has 0 unspecified atom stereocenters. The molecular weight excluding hydrogens is 313 g/mol. The van der Waals surface area contributed by atoms with E-state index in [-0.39, 0.29) is 17.5 Å². The quantitative estimate of drug-likeness (QED) is 0.814. The maximum atomic E-state index is 13.2. The molecule has 0 aliphatic rings. The molecule has 3 nitrogen and oxygen atoms in total. The maximum Gasteiger partial charge on any atom is 0.238 e. The summed E-state index contributed by atoms with van der Waals surface area (Å²) in [4.78, 5) is 14.0. The molecule has 5 heteroatoms. The van der Waals surface area contributed by atoms with E-state index in [0.29, 0.717) is 12.1 Å². The van der Waals surface area contributed by atoms with Gasteiger partial charge in [-0.3, -0.25) is 9.00 Å². The SMILES string of the molecule is C[C@@H](C(=O)N(C)Cc1ccccc1)[S@](=O)Cc1cccc(F)c1. The second kappa shape index (κ2) is 8.02. The van der Waals surface area contributed by atoms with Crippen LogP contribution in [0.1, 0.15) is 18.1 Å². The monoisotopic (exact) mass is 333 g/mol. The third-order valence-corrected chi connectivity index (χ3v) is 5.19. The van der Waals surface area contributed by atoms with E-state index >= 15 is 0 Å². The molecule has 1 amide bonds. The first kappa shape index (κ1) is 17.3. The fourth-order valence-corrected chi connectivity index (χ4v) is 3.44. The van der Waals surface area contributed by atoms with E-state index in [2.05, 4.69) is 0 Å². The van der Waals surface area contributed by atoms with E-state index in [1.54, 1.807) is 31.0 Å². The van der Waals surface area contributed by atoms with Gasteiger partial charge in [-0.1, -0.05) is 42.5 Å². The van der Waals surface area contributed by atoms with Gasteiger partial charge >= 0.3 is 0 Å². The van der Waals surface area contributed by atoms with Crippen molar-refractivity contribution in [1.82, 2.24) is 4.90 Å². The van der Waals surface area contributed by atoms with Crippen molar-refractivity contribution in [1.29, 1.82) is 0 Å². The Morgan fingerprint density at radius 3 is 2.43 bits per heavy atom. The molecule has 0 bridgehead atoms. The Balaban J connectivity index is 1.96. The lowest BCUT2D eigenvalue weighted by Gasteiger charge is -2.21. The van der Waals surface area contributed by atoms with Crippen LogP contribution in [0.5, 0.6) is 0 Å². The summed E-state index contributed by atoms with van der Waals surface area (Å²) in [6.07, 6.45) is 0. The zero-order valence-electron chi connectivity index (χ0n) is 13.2. The molecule has 0 fully saturated rings. The lowest BCUT2D eigenvalue weighted by Crippen LogP contribution is -2.37. The van der Waals surface area contributed by atoms with Gasteiger partial charge < -0.3 is 4.90 Å². The van der Waals surface area contributed by atoms with Crippen molar-refractivity contribution < 1.29 is 13.4 Å². The van der Waals surface area contributed by atoms with Crippen LogP contribution in [0.3, 0.4) is 0 Å². The zero-order chi connectivity index (χ0) is 16.8. The maximum absolute atomic E-state index is 13.2. The highest BCUT2D eigenvalue weighted by molar-refractivity contribution is 7.85. The highest BCUT2D eigenvalue weighted by atomic mass is 32.2. The van der Waals surface area contributed by atoms with Crippen LogP contribution in [0, 0.1) is 5.82 Å². The standard InChI is InChI=1S/C18H20FNO2S/c1-14(23(22)13-16-9-6-10-17(19)11-16)18(21)20(2)12-15-7-4-3-5-8-15/h3-11,14H,12-13H2,1-2H3/t14-,23+/m0/s1. The number of carbonyl (C=O) groups is 1. The average molecular weight is 333 g/mol. The molecule has 0 saturated carbocycles. The predicted molar refractivity (Wildman–Crippen MR) is 90.6 cm³/mol. The zero-order valence-corrected chi connectivity index (χ0v) is 14.1.